The summed E-state index contributed by atoms with van der Waals surface area (Å²) in [6.07, 6.45) is -5.32. The van der Waals surface area contributed by atoms with Gasteiger partial charge in [0, 0.05) is 7.11 Å². The van der Waals surface area contributed by atoms with E-state index in [1.54, 1.807) is 0 Å². The number of alkyl halides is 3. The number of hydrogen-bond donors (Lipinski definition) is 1. The van der Waals surface area contributed by atoms with Crippen LogP contribution in [0.4, 0.5) is 17.6 Å². The Labute approximate surface area is 122 Å². The Bertz CT molecular complexity index is 547. The summed E-state index contributed by atoms with van der Waals surface area (Å²) in [6.45, 7) is -1.34. The number of carbonyl (C=O) groups excluding carboxylic acids is 1. The van der Waals surface area contributed by atoms with Crippen LogP contribution < -0.4 is 4.74 Å². The van der Waals surface area contributed by atoms with Crippen LogP contribution in [0, 0.1) is 5.82 Å². The molecular formula is C12H11ClF4O4. The smallest absolute Gasteiger partial charge is 0.427 e. The number of halogens is 5. The van der Waals surface area contributed by atoms with E-state index in [0.29, 0.717) is 0 Å². The minimum absolute atomic E-state index is 0.439. The molecule has 0 spiro atoms. The van der Waals surface area contributed by atoms with E-state index < -0.39 is 46.3 Å². The standard InChI is InChI=1S/C12H11ClF4O4/c1-20-5-11(19,12(15,16)17)10(18)6-3-4-7(13)8(14)9(6)21-2/h3-4,19H,5H2,1-2H3. The number of aliphatic hydroxyl groups is 1. The lowest BCUT2D eigenvalue weighted by molar-refractivity contribution is -0.249. The van der Waals surface area contributed by atoms with Crippen LogP contribution in [0.1, 0.15) is 10.4 Å². The van der Waals surface area contributed by atoms with Crippen molar-refractivity contribution in [2.45, 2.75) is 11.8 Å². The van der Waals surface area contributed by atoms with Crippen LogP contribution in [0.25, 0.3) is 0 Å². The van der Waals surface area contributed by atoms with Crippen molar-refractivity contribution in [3.8, 4) is 5.75 Å². The topological polar surface area (TPSA) is 55.8 Å². The number of methoxy groups -OCH3 is 2. The van der Waals surface area contributed by atoms with Crippen molar-refractivity contribution in [1.82, 2.24) is 0 Å². The van der Waals surface area contributed by atoms with Crippen LogP contribution in [-0.4, -0.2) is 43.5 Å². The molecule has 0 aliphatic heterocycles. The lowest BCUT2D eigenvalue weighted by atomic mass is 9.92. The van der Waals surface area contributed by atoms with E-state index in [2.05, 4.69) is 9.47 Å². The molecule has 1 N–H and O–H groups in total. The molecule has 0 bridgehead atoms. The highest BCUT2D eigenvalue weighted by Gasteiger charge is 2.60. The first-order valence-electron chi connectivity index (χ1n) is 5.45. The van der Waals surface area contributed by atoms with E-state index in [4.69, 9.17) is 11.6 Å². The van der Waals surface area contributed by atoms with Gasteiger partial charge in [-0.25, -0.2) is 4.39 Å². The third-order valence-electron chi connectivity index (χ3n) is 2.70. The highest BCUT2D eigenvalue weighted by molar-refractivity contribution is 6.31. The Morgan fingerprint density at radius 2 is 1.90 bits per heavy atom. The predicted molar refractivity (Wildman–Crippen MR) is 65.2 cm³/mol. The van der Waals surface area contributed by atoms with Gasteiger partial charge in [0.05, 0.1) is 24.3 Å². The molecule has 0 aromatic heterocycles. The first-order valence-corrected chi connectivity index (χ1v) is 5.82. The second-order valence-electron chi connectivity index (χ2n) is 4.06. The highest BCUT2D eigenvalue weighted by atomic mass is 35.5. The average molecular weight is 331 g/mol. The molecule has 0 saturated carbocycles. The van der Waals surface area contributed by atoms with E-state index in [0.717, 1.165) is 26.4 Å². The Kier molecular flexibility index (Phi) is 5.19. The maximum atomic E-state index is 13.7. The molecule has 0 saturated heterocycles. The van der Waals surface area contributed by atoms with Crippen molar-refractivity contribution in [2.75, 3.05) is 20.8 Å². The molecule has 0 fully saturated rings. The summed E-state index contributed by atoms with van der Waals surface area (Å²) in [5.41, 5.74) is -4.62. The zero-order valence-electron chi connectivity index (χ0n) is 10.9. The van der Waals surface area contributed by atoms with Crippen LogP contribution in [0.3, 0.4) is 0 Å². The summed E-state index contributed by atoms with van der Waals surface area (Å²) in [7, 11) is 1.83. The van der Waals surface area contributed by atoms with Gasteiger partial charge in [-0.05, 0) is 12.1 Å². The van der Waals surface area contributed by atoms with Crippen LogP contribution in [0.15, 0.2) is 12.1 Å². The maximum Gasteiger partial charge on any atom is 0.427 e. The SMILES string of the molecule is COCC(O)(C(=O)c1ccc(Cl)c(F)c1OC)C(F)(F)F. The summed E-state index contributed by atoms with van der Waals surface area (Å²) in [5.74, 6) is -3.79. The van der Waals surface area contributed by atoms with Gasteiger partial charge in [-0.15, -0.1) is 0 Å². The van der Waals surface area contributed by atoms with Crippen molar-refractivity contribution in [2.24, 2.45) is 0 Å². The number of ether oxygens (including phenoxy) is 2. The number of Topliss-reactive ketones (excluding diaryl/α,β-unsaturated/α-hetero) is 1. The third kappa shape index (κ3) is 3.12. The summed E-state index contributed by atoms with van der Waals surface area (Å²) in [6, 6.07) is 1.72. The molecule has 4 nitrogen and oxygen atoms in total. The predicted octanol–water partition coefficient (Wildman–Crippen LogP) is 2.61. The Hall–Kier alpha value is -1.38. The zero-order chi connectivity index (χ0) is 16.4. The zero-order valence-corrected chi connectivity index (χ0v) is 11.7. The maximum absolute atomic E-state index is 13.7. The molecule has 0 amide bonds. The molecular weight excluding hydrogens is 320 g/mol. The molecule has 0 aliphatic carbocycles. The molecule has 0 radical (unpaired) electrons. The fourth-order valence-electron chi connectivity index (χ4n) is 1.62. The van der Waals surface area contributed by atoms with Gasteiger partial charge in [0.25, 0.3) is 0 Å². The lowest BCUT2D eigenvalue weighted by Gasteiger charge is -2.28. The highest BCUT2D eigenvalue weighted by Crippen LogP contribution is 2.37. The monoisotopic (exact) mass is 330 g/mol. The number of rotatable bonds is 5. The van der Waals surface area contributed by atoms with Crippen LogP contribution in [0.2, 0.25) is 5.02 Å². The largest absolute Gasteiger partial charge is 0.493 e. The van der Waals surface area contributed by atoms with Crippen molar-refractivity contribution >= 4 is 17.4 Å². The molecule has 1 atom stereocenters. The number of benzene rings is 1. The quantitative estimate of drug-likeness (QED) is 0.666. The third-order valence-corrected chi connectivity index (χ3v) is 2.99. The Morgan fingerprint density at radius 3 is 2.33 bits per heavy atom. The van der Waals surface area contributed by atoms with Gasteiger partial charge < -0.3 is 14.6 Å². The van der Waals surface area contributed by atoms with E-state index >= 15 is 0 Å². The first kappa shape index (κ1) is 17.7. The molecule has 1 rings (SSSR count). The Balaban J connectivity index is 3.45. The minimum Gasteiger partial charge on any atom is -0.493 e. The van der Waals surface area contributed by atoms with Crippen molar-refractivity contribution in [3.05, 3.63) is 28.5 Å². The molecule has 0 heterocycles. The summed E-state index contributed by atoms with van der Waals surface area (Å²) >= 11 is 5.46. The second-order valence-corrected chi connectivity index (χ2v) is 4.47. The van der Waals surface area contributed by atoms with Gasteiger partial charge in [-0.1, -0.05) is 11.6 Å². The van der Waals surface area contributed by atoms with Crippen LogP contribution >= 0.6 is 11.6 Å². The molecule has 1 unspecified atom stereocenters. The second kappa shape index (κ2) is 6.17. The van der Waals surface area contributed by atoms with Gasteiger partial charge in [0.15, 0.2) is 11.6 Å². The first-order chi connectivity index (χ1) is 9.60. The van der Waals surface area contributed by atoms with Crippen LogP contribution in [-0.2, 0) is 4.74 Å². The normalized spacial score (nSPS) is 14.7. The van der Waals surface area contributed by atoms with Gasteiger partial charge in [0.1, 0.15) is 0 Å². The lowest BCUT2D eigenvalue weighted by Crippen LogP contribution is -2.55. The fourth-order valence-corrected chi connectivity index (χ4v) is 1.77. The summed E-state index contributed by atoms with van der Waals surface area (Å²) in [5, 5.41) is 9.20. The molecule has 1 aromatic rings. The molecule has 0 aliphatic rings. The molecule has 118 valence electrons. The minimum atomic E-state index is -5.32. The van der Waals surface area contributed by atoms with E-state index in [9.17, 15) is 27.5 Å². The van der Waals surface area contributed by atoms with Gasteiger partial charge >= 0.3 is 6.18 Å². The summed E-state index contributed by atoms with van der Waals surface area (Å²) < 4.78 is 61.3. The summed E-state index contributed by atoms with van der Waals surface area (Å²) in [4.78, 5) is 12.0. The van der Waals surface area contributed by atoms with Gasteiger partial charge in [-0.2, -0.15) is 13.2 Å². The van der Waals surface area contributed by atoms with Gasteiger partial charge in [0.2, 0.25) is 11.4 Å². The number of carbonyl (C=O) groups is 1. The fraction of sp³-hybridized carbons (Fsp3) is 0.417. The Morgan fingerprint density at radius 1 is 1.33 bits per heavy atom. The van der Waals surface area contributed by atoms with Crippen molar-refractivity contribution in [1.29, 1.82) is 0 Å². The van der Waals surface area contributed by atoms with Crippen LogP contribution in [0.5, 0.6) is 5.75 Å². The average Bonchev–Trinajstić information content (AvgIpc) is 2.39. The molecule has 21 heavy (non-hydrogen) atoms. The van der Waals surface area contributed by atoms with E-state index in [1.165, 1.54) is 0 Å². The van der Waals surface area contributed by atoms with Gasteiger partial charge in [-0.3, -0.25) is 4.79 Å². The van der Waals surface area contributed by atoms with Crippen molar-refractivity contribution in [3.63, 3.8) is 0 Å². The van der Waals surface area contributed by atoms with E-state index in [1.807, 2.05) is 0 Å². The molecule has 9 heteroatoms. The van der Waals surface area contributed by atoms with Crippen molar-refractivity contribution < 1.29 is 36.9 Å². The molecule has 1 aromatic carbocycles. The number of hydrogen-bond acceptors (Lipinski definition) is 4. The van der Waals surface area contributed by atoms with E-state index in [-0.39, 0.29) is 0 Å². The number of ketones is 1.